The molecule has 0 spiro atoms. The van der Waals surface area contributed by atoms with Gasteiger partial charge in [0, 0.05) is 6.54 Å². The Labute approximate surface area is 91.1 Å². The van der Waals surface area contributed by atoms with E-state index in [0.29, 0.717) is 0 Å². The SMILES string of the molecule is CCNCc1c(C)ccc2ccccc12. The van der Waals surface area contributed by atoms with Crippen LogP contribution in [0.1, 0.15) is 18.1 Å². The summed E-state index contributed by atoms with van der Waals surface area (Å²) in [4.78, 5) is 0. The largest absolute Gasteiger partial charge is 0.313 e. The van der Waals surface area contributed by atoms with E-state index in [1.165, 1.54) is 21.9 Å². The quantitative estimate of drug-likeness (QED) is 0.800. The summed E-state index contributed by atoms with van der Waals surface area (Å²) in [6, 6.07) is 13.0. The molecule has 0 aliphatic carbocycles. The topological polar surface area (TPSA) is 12.0 Å². The van der Waals surface area contributed by atoms with Crippen molar-refractivity contribution in [3.8, 4) is 0 Å². The molecule has 0 fully saturated rings. The molecule has 0 radical (unpaired) electrons. The summed E-state index contributed by atoms with van der Waals surface area (Å²) >= 11 is 0. The zero-order valence-corrected chi connectivity index (χ0v) is 9.38. The smallest absolute Gasteiger partial charge is 0.0214 e. The maximum Gasteiger partial charge on any atom is 0.0214 e. The highest BCUT2D eigenvalue weighted by Crippen LogP contribution is 2.21. The molecule has 0 amide bonds. The van der Waals surface area contributed by atoms with E-state index in [0.717, 1.165) is 13.1 Å². The molecular formula is C14H17N. The number of hydrogen-bond acceptors (Lipinski definition) is 1. The van der Waals surface area contributed by atoms with E-state index in [4.69, 9.17) is 0 Å². The maximum atomic E-state index is 3.40. The Hall–Kier alpha value is -1.34. The molecule has 2 rings (SSSR count). The van der Waals surface area contributed by atoms with Crippen molar-refractivity contribution < 1.29 is 0 Å². The molecule has 0 aromatic heterocycles. The van der Waals surface area contributed by atoms with E-state index in [-0.39, 0.29) is 0 Å². The van der Waals surface area contributed by atoms with Gasteiger partial charge in [0.05, 0.1) is 0 Å². The zero-order valence-electron chi connectivity index (χ0n) is 9.38. The van der Waals surface area contributed by atoms with Crippen LogP contribution in [0.5, 0.6) is 0 Å². The molecule has 2 aromatic carbocycles. The summed E-state index contributed by atoms with van der Waals surface area (Å²) in [6.45, 7) is 6.30. The third-order valence-corrected chi connectivity index (χ3v) is 2.83. The Morgan fingerprint density at radius 3 is 2.67 bits per heavy atom. The van der Waals surface area contributed by atoms with Crippen molar-refractivity contribution >= 4 is 10.8 Å². The number of nitrogens with one attached hydrogen (secondary N) is 1. The molecule has 1 heteroatoms. The monoisotopic (exact) mass is 199 g/mol. The van der Waals surface area contributed by atoms with Gasteiger partial charge in [-0.15, -0.1) is 0 Å². The first-order chi connectivity index (χ1) is 7.33. The first-order valence-corrected chi connectivity index (χ1v) is 5.51. The first-order valence-electron chi connectivity index (χ1n) is 5.51. The van der Waals surface area contributed by atoms with Crippen molar-refractivity contribution in [2.24, 2.45) is 0 Å². The van der Waals surface area contributed by atoms with Gasteiger partial charge in [-0.25, -0.2) is 0 Å². The van der Waals surface area contributed by atoms with Gasteiger partial charge in [-0.2, -0.15) is 0 Å². The Morgan fingerprint density at radius 1 is 1.07 bits per heavy atom. The molecule has 0 unspecified atom stereocenters. The van der Waals surface area contributed by atoms with Crippen LogP contribution in [-0.2, 0) is 6.54 Å². The molecule has 78 valence electrons. The summed E-state index contributed by atoms with van der Waals surface area (Å²) in [5.41, 5.74) is 2.80. The molecule has 2 aromatic rings. The Kier molecular flexibility index (Phi) is 3.02. The van der Waals surface area contributed by atoms with Crippen molar-refractivity contribution in [1.82, 2.24) is 5.32 Å². The summed E-state index contributed by atoms with van der Waals surface area (Å²) in [7, 11) is 0. The van der Waals surface area contributed by atoms with Crippen LogP contribution in [0, 0.1) is 6.92 Å². The average molecular weight is 199 g/mol. The van der Waals surface area contributed by atoms with E-state index in [1.54, 1.807) is 0 Å². The highest BCUT2D eigenvalue weighted by atomic mass is 14.8. The fourth-order valence-electron chi connectivity index (χ4n) is 1.93. The van der Waals surface area contributed by atoms with E-state index in [1.807, 2.05) is 0 Å². The average Bonchev–Trinajstić information content (AvgIpc) is 2.28. The van der Waals surface area contributed by atoms with Gasteiger partial charge in [0.15, 0.2) is 0 Å². The lowest BCUT2D eigenvalue weighted by atomic mass is 10.00. The Bertz CT molecular complexity index is 460. The number of fused-ring (bicyclic) bond motifs is 1. The van der Waals surface area contributed by atoms with Crippen LogP contribution in [-0.4, -0.2) is 6.54 Å². The predicted octanol–water partition coefficient (Wildman–Crippen LogP) is 3.26. The van der Waals surface area contributed by atoms with E-state index in [2.05, 4.69) is 55.6 Å². The molecule has 0 atom stereocenters. The summed E-state index contributed by atoms with van der Waals surface area (Å²) in [5.74, 6) is 0. The molecule has 0 bridgehead atoms. The van der Waals surface area contributed by atoms with Crippen LogP contribution < -0.4 is 5.32 Å². The minimum atomic E-state index is 0.962. The highest BCUT2D eigenvalue weighted by molar-refractivity contribution is 5.86. The number of aryl methyl sites for hydroxylation is 1. The van der Waals surface area contributed by atoms with Crippen LogP contribution in [0.3, 0.4) is 0 Å². The molecule has 1 nitrogen and oxygen atoms in total. The molecule has 0 saturated carbocycles. The Balaban J connectivity index is 2.53. The maximum absolute atomic E-state index is 3.40. The molecular weight excluding hydrogens is 182 g/mol. The van der Waals surface area contributed by atoms with Crippen molar-refractivity contribution in [2.75, 3.05) is 6.54 Å². The second kappa shape index (κ2) is 4.45. The van der Waals surface area contributed by atoms with Crippen molar-refractivity contribution in [2.45, 2.75) is 20.4 Å². The van der Waals surface area contributed by atoms with Gasteiger partial charge in [0.1, 0.15) is 0 Å². The van der Waals surface area contributed by atoms with E-state index >= 15 is 0 Å². The van der Waals surface area contributed by atoms with Gasteiger partial charge < -0.3 is 5.32 Å². The lowest BCUT2D eigenvalue weighted by Gasteiger charge is -2.10. The fourth-order valence-corrected chi connectivity index (χ4v) is 1.93. The van der Waals surface area contributed by atoms with E-state index in [9.17, 15) is 0 Å². The number of rotatable bonds is 3. The van der Waals surface area contributed by atoms with Gasteiger partial charge in [-0.1, -0.05) is 43.3 Å². The fraction of sp³-hybridized carbons (Fsp3) is 0.286. The molecule has 0 aliphatic heterocycles. The lowest BCUT2D eigenvalue weighted by molar-refractivity contribution is 0.727. The second-order valence-corrected chi connectivity index (χ2v) is 3.86. The molecule has 0 aliphatic rings. The van der Waals surface area contributed by atoms with Crippen LogP contribution in [0.2, 0.25) is 0 Å². The Morgan fingerprint density at radius 2 is 1.87 bits per heavy atom. The third-order valence-electron chi connectivity index (χ3n) is 2.83. The second-order valence-electron chi connectivity index (χ2n) is 3.86. The normalized spacial score (nSPS) is 10.8. The third kappa shape index (κ3) is 2.02. The summed E-state index contributed by atoms with van der Waals surface area (Å²) in [6.07, 6.45) is 0. The minimum Gasteiger partial charge on any atom is -0.313 e. The predicted molar refractivity (Wildman–Crippen MR) is 66.1 cm³/mol. The van der Waals surface area contributed by atoms with Gasteiger partial charge in [0.2, 0.25) is 0 Å². The molecule has 0 heterocycles. The minimum absolute atomic E-state index is 0.962. The summed E-state index contributed by atoms with van der Waals surface area (Å²) in [5, 5.41) is 6.10. The first kappa shape index (κ1) is 10.2. The molecule has 1 N–H and O–H groups in total. The lowest BCUT2D eigenvalue weighted by Crippen LogP contribution is -2.13. The van der Waals surface area contributed by atoms with Crippen LogP contribution in [0.4, 0.5) is 0 Å². The van der Waals surface area contributed by atoms with Crippen LogP contribution >= 0.6 is 0 Å². The van der Waals surface area contributed by atoms with Crippen molar-refractivity contribution in [1.29, 1.82) is 0 Å². The molecule has 15 heavy (non-hydrogen) atoms. The summed E-state index contributed by atoms with van der Waals surface area (Å²) < 4.78 is 0. The van der Waals surface area contributed by atoms with Crippen LogP contribution in [0.25, 0.3) is 10.8 Å². The van der Waals surface area contributed by atoms with Crippen molar-refractivity contribution in [3.05, 3.63) is 47.5 Å². The van der Waals surface area contributed by atoms with Crippen LogP contribution in [0.15, 0.2) is 36.4 Å². The molecule has 0 saturated heterocycles. The highest BCUT2D eigenvalue weighted by Gasteiger charge is 2.02. The number of benzene rings is 2. The zero-order chi connectivity index (χ0) is 10.7. The van der Waals surface area contributed by atoms with E-state index < -0.39 is 0 Å². The van der Waals surface area contributed by atoms with Gasteiger partial charge >= 0.3 is 0 Å². The standard InChI is InChI=1S/C14H17N/c1-3-15-10-14-11(2)8-9-12-6-4-5-7-13(12)14/h4-9,15H,3,10H2,1-2H3. The number of hydrogen-bond donors (Lipinski definition) is 1. The van der Waals surface area contributed by atoms with Gasteiger partial charge in [-0.05, 0) is 35.4 Å². The van der Waals surface area contributed by atoms with Crippen molar-refractivity contribution in [3.63, 3.8) is 0 Å². The van der Waals surface area contributed by atoms with Gasteiger partial charge in [0.25, 0.3) is 0 Å². The van der Waals surface area contributed by atoms with Gasteiger partial charge in [-0.3, -0.25) is 0 Å².